The molecule has 2 aliphatic rings. The number of rotatable bonds is 5. The summed E-state index contributed by atoms with van der Waals surface area (Å²) in [6, 6.07) is 23.0. The third-order valence-electron chi connectivity index (χ3n) is 6.54. The number of hydrogen-bond donors (Lipinski definition) is 0. The van der Waals surface area contributed by atoms with Gasteiger partial charge in [0.05, 0.1) is 40.7 Å². The first-order chi connectivity index (χ1) is 18.4. The van der Waals surface area contributed by atoms with Gasteiger partial charge < -0.3 is 9.47 Å². The van der Waals surface area contributed by atoms with E-state index in [4.69, 9.17) is 9.47 Å². The molecule has 0 bridgehead atoms. The van der Waals surface area contributed by atoms with Gasteiger partial charge in [0, 0.05) is 0 Å². The molecule has 4 aromatic rings. The largest absolute Gasteiger partial charge is 0.497 e. The second-order valence-corrected chi connectivity index (χ2v) is 8.95. The number of carbonyl (C=O) groups is 4. The Bertz CT molecular complexity index is 1670. The number of anilines is 2. The van der Waals surface area contributed by atoms with Crippen molar-refractivity contribution in [1.29, 1.82) is 0 Å². The molecule has 186 valence electrons. The van der Waals surface area contributed by atoms with Gasteiger partial charge in [-0.1, -0.05) is 17.7 Å². The third-order valence-corrected chi connectivity index (χ3v) is 6.54. The number of aryl methyl sites for hydroxylation is 1. The summed E-state index contributed by atoms with van der Waals surface area (Å²) in [6.07, 6.45) is 0. The first-order valence-corrected chi connectivity index (χ1v) is 11.8. The second-order valence-electron chi connectivity index (χ2n) is 8.95. The van der Waals surface area contributed by atoms with Gasteiger partial charge in [0.1, 0.15) is 17.2 Å². The number of methoxy groups -OCH3 is 1. The lowest BCUT2D eigenvalue weighted by Gasteiger charge is -2.18. The highest BCUT2D eigenvalue weighted by Gasteiger charge is 2.39. The third kappa shape index (κ3) is 3.62. The van der Waals surface area contributed by atoms with Crippen molar-refractivity contribution < 1.29 is 28.7 Å². The predicted octanol–water partition coefficient (Wildman–Crippen LogP) is 5.40. The van der Waals surface area contributed by atoms with Crippen LogP contribution in [0, 0.1) is 6.92 Å². The van der Waals surface area contributed by atoms with Crippen LogP contribution in [0.4, 0.5) is 11.4 Å². The smallest absolute Gasteiger partial charge is 0.266 e. The summed E-state index contributed by atoms with van der Waals surface area (Å²) >= 11 is 0. The molecule has 4 aromatic carbocycles. The van der Waals surface area contributed by atoms with Crippen LogP contribution in [0.5, 0.6) is 17.2 Å². The highest BCUT2D eigenvalue weighted by Crippen LogP contribution is 2.36. The van der Waals surface area contributed by atoms with Gasteiger partial charge in [-0.05, 0) is 79.7 Å². The van der Waals surface area contributed by atoms with Crippen molar-refractivity contribution in [2.24, 2.45) is 0 Å². The molecular formula is C30H20N2O6. The summed E-state index contributed by atoms with van der Waals surface area (Å²) in [5.41, 5.74) is 2.45. The maximum Gasteiger partial charge on any atom is 0.266 e. The molecule has 0 saturated heterocycles. The molecule has 0 aromatic heterocycles. The normalized spacial score (nSPS) is 14.2. The summed E-state index contributed by atoms with van der Waals surface area (Å²) < 4.78 is 11.0. The molecule has 0 radical (unpaired) electrons. The van der Waals surface area contributed by atoms with Crippen molar-refractivity contribution in [2.75, 3.05) is 16.9 Å². The van der Waals surface area contributed by atoms with Crippen LogP contribution in [0.3, 0.4) is 0 Å². The van der Waals surface area contributed by atoms with E-state index in [0.717, 1.165) is 15.4 Å². The zero-order chi connectivity index (χ0) is 26.6. The minimum Gasteiger partial charge on any atom is -0.497 e. The fourth-order valence-electron chi connectivity index (χ4n) is 4.66. The molecule has 0 aliphatic carbocycles. The van der Waals surface area contributed by atoms with Crippen molar-refractivity contribution in [3.8, 4) is 17.2 Å². The topological polar surface area (TPSA) is 93.2 Å². The van der Waals surface area contributed by atoms with E-state index >= 15 is 0 Å². The summed E-state index contributed by atoms with van der Waals surface area (Å²) in [5.74, 6) is -0.314. The van der Waals surface area contributed by atoms with Crippen LogP contribution >= 0.6 is 0 Å². The molecule has 0 spiro atoms. The number of fused-ring (bicyclic) bond motifs is 2. The molecule has 2 aliphatic heterocycles. The monoisotopic (exact) mass is 504 g/mol. The van der Waals surface area contributed by atoms with Gasteiger partial charge in [-0.25, -0.2) is 9.80 Å². The number of nitrogens with zero attached hydrogens (tertiary/aromatic N) is 2. The standard InChI is InChI=1S/C30H20N2O6/c1-17-6-12-23-25(14-17)29(35)31(27(23)33)18-4-3-5-19(15-18)32-28(34)24-13-11-22(16-26(24)30(32)36)38-21-9-7-20(37-2)8-10-21/h3-16H,1-2H3. The highest BCUT2D eigenvalue weighted by molar-refractivity contribution is 6.36. The molecular weight excluding hydrogens is 484 g/mol. The first-order valence-electron chi connectivity index (χ1n) is 11.8. The first kappa shape index (κ1) is 23.2. The minimum absolute atomic E-state index is 0.197. The van der Waals surface area contributed by atoms with Crippen molar-refractivity contribution in [3.05, 3.63) is 113 Å². The van der Waals surface area contributed by atoms with Crippen LogP contribution < -0.4 is 19.3 Å². The van der Waals surface area contributed by atoms with Gasteiger partial charge in [0.2, 0.25) is 0 Å². The fourth-order valence-corrected chi connectivity index (χ4v) is 4.66. The Balaban J connectivity index is 1.29. The molecule has 4 amide bonds. The molecule has 38 heavy (non-hydrogen) atoms. The van der Waals surface area contributed by atoms with Crippen molar-refractivity contribution in [3.63, 3.8) is 0 Å². The Hall–Kier alpha value is -5.24. The van der Waals surface area contributed by atoms with Crippen molar-refractivity contribution >= 4 is 35.0 Å². The maximum absolute atomic E-state index is 13.4. The average Bonchev–Trinajstić information content (AvgIpc) is 3.32. The summed E-state index contributed by atoms with van der Waals surface area (Å²) in [6.45, 7) is 1.84. The van der Waals surface area contributed by atoms with E-state index in [0.29, 0.717) is 28.4 Å². The van der Waals surface area contributed by atoms with E-state index < -0.39 is 23.6 Å². The van der Waals surface area contributed by atoms with Crippen LogP contribution in [0.15, 0.2) is 84.9 Å². The Morgan fingerprint density at radius 2 is 1.03 bits per heavy atom. The predicted molar refractivity (Wildman–Crippen MR) is 139 cm³/mol. The van der Waals surface area contributed by atoms with Crippen LogP contribution in [0.1, 0.15) is 47.0 Å². The molecule has 8 nitrogen and oxygen atoms in total. The zero-order valence-electron chi connectivity index (χ0n) is 20.4. The van der Waals surface area contributed by atoms with E-state index in [1.165, 1.54) is 12.1 Å². The number of carbonyl (C=O) groups excluding carboxylic acids is 4. The van der Waals surface area contributed by atoms with E-state index in [9.17, 15) is 19.2 Å². The summed E-state index contributed by atoms with van der Waals surface area (Å²) in [5, 5.41) is 0. The minimum atomic E-state index is -0.527. The quantitative estimate of drug-likeness (QED) is 0.338. The van der Waals surface area contributed by atoms with E-state index in [2.05, 4.69) is 0 Å². The lowest BCUT2D eigenvalue weighted by Crippen LogP contribution is -2.31. The molecule has 8 heteroatoms. The molecule has 0 fully saturated rings. The summed E-state index contributed by atoms with van der Waals surface area (Å²) in [7, 11) is 1.57. The number of hydrogen-bond acceptors (Lipinski definition) is 6. The SMILES string of the molecule is COc1ccc(Oc2ccc3c(c2)C(=O)N(c2cccc(N4C(=O)c5ccc(C)cc5C4=O)c2)C3=O)cc1. The van der Waals surface area contributed by atoms with E-state index in [-0.39, 0.29) is 22.5 Å². The molecule has 0 atom stereocenters. The molecule has 0 unspecified atom stereocenters. The number of benzene rings is 4. The Labute approximate surface area is 217 Å². The van der Waals surface area contributed by atoms with Crippen molar-refractivity contribution in [2.45, 2.75) is 6.92 Å². The Morgan fingerprint density at radius 3 is 1.63 bits per heavy atom. The number of amides is 4. The number of imide groups is 2. The fraction of sp³-hybridized carbons (Fsp3) is 0.0667. The van der Waals surface area contributed by atoms with Crippen molar-refractivity contribution in [1.82, 2.24) is 0 Å². The van der Waals surface area contributed by atoms with Crippen LogP contribution in [0.25, 0.3) is 0 Å². The molecule has 2 heterocycles. The zero-order valence-corrected chi connectivity index (χ0v) is 20.4. The van der Waals surface area contributed by atoms with Gasteiger partial charge in [-0.15, -0.1) is 0 Å². The van der Waals surface area contributed by atoms with E-state index in [1.807, 2.05) is 6.92 Å². The highest BCUT2D eigenvalue weighted by atomic mass is 16.5. The van der Waals surface area contributed by atoms with Crippen LogP contribution in [-0.2, 0) is 0 Å². The second kappa shape index (κ2) is 8.70. The van der Waals surface area contributed by atoms with Crippen LogP contribution in [0.2, 0.25) is 0 Å². The molecule has 0 N–H and O–H groups in total. The Morgan fingerprint density at radius 1 is 0.526 bits per heavy atom. The van der Waals surface area contributed by atoms with Gasteiger partial charge in [0.15, 0.2) is 0 Å². The van der Waals surface area contributed by atoms with Gasteiger partial charge >= 0.3 is 0 Å². The van der Waals surface area contributed by atoms with E-state index in [1.54, 1.807) is 79.9 Å². The maximum atomic E-state index is 13.4. The average molecular weight is 504 g/mol. The van der Waals surface area contributed by atoms with Gasteiger partial charge in [-0.3, -0.25) is 19.2 Å². The molecule has 6 rings (SSSR count). The lowest BCUT2D eigenvalue weighted by molar-refractivity contribution is 0.0912. The Kier molecular flexibility index (Phi) is 5.31. The lowest BCUT2D eigenvalue weighted by atomic mass is 10.1. The van der Waals surface area contributed by atoms with Gasteiger partial charge in [0.25, 0.3) is 23.6 Å². The van der Waals surface area contributed by atoms with Crippen LogP contribution in [-0.4, -0.2) is 30.7 Å². The van der Waals surface area contributed by atoms with Gasteiger partial charge in [-0.2, -0.15) is 0 Å². The molecule has 0 saturated carbocycles. The number of ether oxygens (including phenoxy) is 2. The summed E-state index contributed by atoms with van der Waals surface area (Å²) in [4.78, 5) is 54.8.